The zero-order valence-electron chi connectivity index (χ0n) is 10.6. The predicted octanol–water partition coefficient (Wildman–Crippen LogP) is 3.23. The molecule has 0 saturated heterocycles. The van der Waals surface area contributed by atoms with E-state index in [1.54, 1.807) is 19.9 Å². The summed E-state index contributed by atoms with van der Waals surface area (Å²) in [6, 6.07) is 4.93. The van der Waals surface area contributed by atoms with Crippen molar-refractivity contribution in [2.45, 2.75) is 45.4 Å². The first kappa shape index (κ1) is 14.6. The van der Waals surface area contributed by atoms with Crippen LogP contribution >= 0.6 is 15.9 Å². The highest BCUT2D eigenvalue weighted by atomic mass is 79.9. The smallest absolute Gasteiger partial charge is 0.137 e. The molecule has 0 aromatic heterocycles. The van der Waals surface area contributed by atoms with Crippen LogP contribution in [0.2, 0.25) is 0 Å². The highest BCUT2D eigenvalue weighted by Crippen LogP contribution is 2.24. The summed E-state index contributed by atoms with van der Waals surface area (Å²) in [5.41, 5.74) is -0.478. The van der Waals surface area contributed by atoms with Crippen LogP contribution in [0.5, 0.6) is 0 Å². The van der Waals surface area contributed by atoms with Gasteiger partial charge >= 0.3 is 0 Å². The number of aliphatic hydroxyl groups is 1. The van der Waals surface area contributed by atoms with Gasteiger partial charge in [0, 0.05) is 12.1 Å². The minimum Gasteiger partial charge on any atom is -0.389 e. The highest BCUT2D eigenvalue weighted by Gasteiger charge is 2.34. The Balaban J connectivity index is 2.78. The van der Waals surface area contributed by atoms with E-state index in [0.29, 0.717) is 11.0 Å². The first-order valence-electron chi connectivity index (χ1n) is 5.55. The van der Waals surface area contributed by atoms with Gasteiger partial charge in [0.1, 0.15) is 5.82 Å². The van der Waals surface area contributed by atoms with Gasteiger partial charge in [0.15, 0.2) is 0 Å². The molecular formula is C13H19BrFNO. The molecule has 0 amide bonds. The molecule has 96 valence electrons. The molecular weight excluding hydrogens is 285 g/mol. The van der Waals surface area contributed by atoms with Gasteiger partial charge in [-0.15, -0.1) is 0 Å². The number of halogens is 2. The van der Waals surface area contributed by atoms with E-state index in [-0.39, 0.29) is 5.82 Å². The summed E-state index contributed by atoms with van der Waals surface area (Å²) in [7, 11) is 0. The van der Waals surface area contributed by atoms with Gasteiger partial charge in [0.25, 0.3) is 0 Å². The lowest BCUT2D eigenvalue weighted by Gasteiger charge is -2.38. The zero-order valence-corrected chi connectivity index (χ0v) is 12.2. The van der Waals surface area contributed by atoms with Crippen molar-refractivity contribution < 1.29 is 9.50 Å². The number of hydrogen-bond donors (Lipinski definition) is 2. The van der Waals surface area contributed by atoms with Crippen molar-refractivity contribution in [3.63, 3.8) is 0 Å². The van der Waals surface area contributed by atoms with Crippen LogP contribution in [0, 0.1) is 5.82 Å². The Kier molecular flexibility index (Phi) is 4.33. The van der Waals surface area contributed by atoms with Crippen LogP contribution < -0.4 is 5.32 Å². The zero-order chi connectivity index (χ0) is 13.3. The minimum atomic E-state index is -0.854. The highest BCUT2D eigenvalue weighted by molar-refractivity contribution is 9.10. The average Bonchev–Trinajstić information content (AvgIpc) is 2.18. The van der Waals surface area contributed by atoms with E-state index < -0.39 is 11.1 Å². The molecule has 0 fully saturated rings. The Morgan fingerprint density at radius 1 is 1.29 bits per heavy atom. The summed E-state index contributed by atoms with van der Waals surface area (Å²) >= 11 is 3.22. The lowest BCUT2D eigenvalue weighted by Crippen LogP contribution is -2.55. The molecule has 4 heteroatoms. The summed E-state index contributed by atoms with van der Waals surface area (Å²) in [5, 5.41) is 13.2. The maximum Gasteiger partial charge on any atom is 0.137 e. The summed E-state index contributed by atoms with van der Waals surface area (Å²) in [6.07, 6.45) is 0. The number of nitrogens with one attached hydrogen (secondary N) is 1. The quantitative estimate of drug-likeness (QED) is 0.895. The minimum absolute atomic E-state index is 0.273. The van der Waals surface area contributed by atoms with Crippen LogP contribution in [0.1, 0.15) is 33.3 Å². The SMILES string of the molecule is CC(C)(O)C(C)(C)NCc1cccc(F)c1Br. The van der Waals surface area contributed by atoms with Crippen LogP contribution in [0.25, 0.3) is 0 Å². The second-order valence-electron chi connectivity index (χ2n) is 5.25. The third-order valence-corrected chi connectivity index (χ3v) is 4.17. The molecule has 1 rings (SSSR count). The largest absolute Gasteiger partial charge is 0.389 e. The molecule has 0 spiro atoms. The van der Waals surface area contributed by atoms with Gasteiger partial charge < -0.3 is 10.4 Å². The molecule has 0 unspecified atom stereocenters. The Hall–Kier alpha value is -0.450. The molecule has 1 aromatic carbocycles. The van der Waals surface area contributed by atoms with Crippen molar-refractivity contribution >= 4 is 15.9 Å². The summed E-state index contributed by atoms with van der Waals surface area (Å²) in [5.74, 6) is -0.273. The predicted molar refractivity (Wildman–Crippen MR) is 71.3 cm³/mol. The van der Waals surface area contributed by atoms with Gasteiger partial charge in [-0.25, -0.2) is 4.39 Å². The molecule has 0 aliphatic carbocycles. The second kappa shape index (κ2) is 5.04. The average molecular weight is 304 g/mol. The molecule has 0 saturated carbocycles. The second-order valence-corrected chi connectivity index (χ2v) is 6.04. The standard InChI is InChI=1S/C13H19BrFNO/c1-12(2,13(3,4)17)16-8-9-6-5-7-10(15)11(9)14/h5-7,16-17H,8H2,1-4H3. The topological polar surface area (TPSA) is 32.3 Å². The fourth-order valence-corrected chi connectivity index (χ4v) is 1.62. The molecule has 0 radical (unpaired) electrons. The van der Waals surface area contributed by atoms with E-state index in [4.69, 9.17) is 0 Å². The Bertz CT molecular complexity index is 399. The molecule has 2 N–H and O–H groups in total. The van der Waals surface area contributed by atoms with E-state index in [0.717, 1.165) is 5.56 Å². The Labute approximate surface area is 110 Å². The fraction of sp³-hybridized carbons (Fsp3) is 0.538. The normalized spacial score (nSPS) is 12.9. The number of benzene rings is 1. The van der Waals surface area contributed by atoms with Gasteiger partial charge in [-0.05, 0) is 55.3 Å². The van der Waals surface area contributed by atoms with Crippen molar-refractivity contribution in [1.82, 2.24) is 5.32 Å². The molecule has 0 heterocycles. The van der Waals surface area contributed by atoms with Gasteiger partial charge in [-0.3, -0.25) is 0 Å². The molecule has 0 bridgehead atoms. The lowest BCUT2D eigenvalue weighted by molar-refractivity contribution is -0.00534. The molecule has 0 aliphatic heterocycles. The first-order chi connectivity index (χ1) is 7.65. The van der Waals surface area contributed by atoms with E-state index in [2.05, 4.69) is 21.2 Å². The molecule has 0 aliphatic rings. The van der Waals surface area contributed by atoms with Crippen LogP contribution in [-0.2, 0) is 6.54 Å². The van der Waals surface area contributed by atoms with E-state index in [9.17, 15) is 9.50 Å². The summed E-state index contributed by atoms with van der Waals surface area (Å²) < 4.78 is 13.8. The maximum absolute atomic E-state index is 13.3. The van der Waals surface area contributed by atoms with Crippen LogP contribution in [-0.4, -0.2) is 16.2 Å². The van der Waals surface area contributed by atoms with E-state index >= 15 is 0 Å². The molecule has 0 atom stereocenters. The van der Waals surface area contributed by atoms with Crippen molar-refractivity contribution in [2.24, 2.45) is 0 Å². The maximum atomic E-state index is 13.3. The van der Waals surface area contributed by atoms with Gasteiger partial charge in [0.05, 0.1) is 10.1 Å². The number of rotatable bonds is 4. The monoisotopic (exact) mass is 303 g/mol. The van der Waals surface area contributed by atoms with Crippen LogP contribution in [0.15, 0.2) is 22.7 Å². The lowest BCUT2D eigenvalue weighted by atomic mass is 9.86. The number of hydrogen-bond acceptors (Lipinski definition) is 2. The van der Waals surface area contributed by atoms with Crippen molar-refractivity contribution in [3.8, 4) is 0 Å². The Morgan fingerprint density at radius 3 is 2.41 bits per heavy atom. The van der Waals surface area contributed by atoms with Crippen LogP contribution in [0.4, 0.5) is 4.39 Å². The molecule has 17 heavy (non-hydrogen) atoms. The fourth-order valence-electron chi connectivity index (χ4n) is 1.22. The summed E-state index contributed by atoms with van der Waals surface area (Å²) in [6.45, 7) is 7.83. The van der Waals surface area contributed by atoms with E-state index in [1.165, 1.54) is 6.07 Å². The first-order valence-corrected chi connectivity index (χ1v) is 6.35. The van der Waals surface area contributed by atoms with Gasteiger partial charge in [0.2, 0.25) is 0 Å². The van der Waals surface area contributed by atoms with Crippen LogP contribution in [0.3, 0.4) is 0 Å². The molecule has 1 aromatic rings. The van der Waals surface area contributed by atoms with Crippen molar-refractivity contribution in [1.29, 1.82) is 0 Å². The third-order valence-electron chi connectivity index (χ3n) is 3.28. The van der Waals surface area contributed by atoms with Crippen molar-refractivity contribution in [2.75, 3.05) is 0 Å². The third kappa shape index (κ3) is 3.50. The summed E-state index contributed by atoms with van der Waals surface area (Å²) in [4.78, 5) is 0. The Morgan fingerprint density at radius 2 is 1.88 bits per heavy atom. The van der Waals surface area contributed by atoms with E-state index in [1.807, 2.05) is 19.9 Å². The van der Waals surface area contributed by atoms with Gasteiger partial charge in [-0.2, -0.15) is 0 Å². The van der Waals surface area contributed by atoms with Crippen molar-refractivity contribution in [3.05, 3.63) is 34.1 Å². The molecule has 2 nitrogen and oxygen atoms in total. The van der Waals surface area contributed by atoms with Gasteiger partial charge in [-0.1, -0.05) is 12.1 Å².